The van der Waals surface area contributed by atoms with Crippen molar-refractivity contribution < 1.29 is 4.92 Å². The van der Waals surface area contributed by atoms with E-state index in [0.29, 0.717) is 10.4 Å². The molecule has 1 rings (SSSR count). The minimum atomic E-state index is -0.371. The first-order valence-corrected chi connectivity index (χ1v) is 7.79. The lowest BCUT2D eigenvalue weighted by Gasteiger charge is -2.23. The molecule has 1 aromatic rings. The molecule has 1 N–H and O–H groups in total. The van der Waals surface area contributed by atoms with Gasteiger partial charge in [-0.05, 0) is 54.2 Å². The van der Waals surface area contributed by atoms with Crippen LogP contribution in [0.25, 0.3) is 6.08 Å². The summed E-state index contributed by atoms with van der Waals surface area (Å²) >= 11 is 3.21. The monoisotopic (exact) mass is 354 g/mol. The van der Waals surface area contributed by atoms with Gasteiger partial charge >= 0.3 is 0 Å². The van der Waals surface area contributed by atoms with E-state index in [0.717, 1.165) is 12.1 Å². The summed E-state index contributed by atoms with van der Waals surface area (Å²) < 4.78 is 0.503. The summed E-state index contributed by atoms with van der Waals surface area (Å²) in [5, 5.41) is 14.5. The van der Waals surface area contributed by atoms with Crippen LogP contribution in [0.3, 0.4) is 0 Å². The number of benzene rings is 1. The first kappa shape index (κ1) is 17.9. The van der Waals surface area contributed by atoms with Crippen LogP contribution in [-0.2, 0) is 0 Å². The van der Waals surface area contributed by atoms with E-state index in [2.05, 4.69) is 55.9 Å². The molecule has 1 aromatic carbocycles. The van der Waals surface area contributed by atoms with Crippen molar-refractivity contribution in [1.82, 2.24) is 5.32 Å². The highest BCUT2D eigenvalue weighted by Gasteiger charge is 2.14. The second-order valence-electron chi connectivity index (χ2n) is 6.45. The van der Waals surface area contributed by atoms with Gasteiger partial charge in [0.2, 0.25) is 0 Å². The molecule has 0 saturated heterocycles. The fourth-order valence-electron chi connectivity index (χ4n) is 1.76. The van der Waals surface area contributed by atoms with Gasteiger partial charge in [0.25, 0.3) is 5.69 Å². The Bertz CT molecular complexity index is 546. The minimum absolute atomic E-state index is 0.0414. The molecule has 0 amide bonds. The summed E-state index contributed by atoms with van der Waals surface area (Å²) in [6, 6.07) is 5.21. The molecule has 0 aromatic heterocycles. The van der Waals surface area contributed by atoms with Crippen LogP contribution in [0.5, 0.6) is 0 Å². The van der Waals surface area contributed by atoms with E-state index in [1.165, 1.54) is 5.57 Å². The van der Waals surface area contributed by atoms with Crippen LogP contribution < -0.4 is 5.32 Å². The van der Waals surface area contributed by atoms with Crippen LogP contribution in [0.2, 0.25) is 0 Å². The average molecular weight is 355 g/mol. The first-order valence-electron chi connectivity index (χ1n) is 6.99. The lowest BCUT2D eigenvalue weighted by molar-refractivity contribution is -0.385. The Kier molecular flexibility index (Phi) is 6.10. The van der Waals surface area contributed by atoms with Crippen molar-refractivity contribution in [2.24, 2.45) is 5.92 Å². The third-order valence-corrected chi connectivity index (χ3v) is 3.75. The normalized spacial score (nSPS) is 12.8. The SMILES string of the molecule is CC(C)C(=Cc1ccc(Br)c([N+](=O)[O-])c1)CNC(C)(C)C. The number of nitro groups is 1. The predicted molar refractivity (Wildman–Crippen MR) is 91.4 cm³/mol. The van der Waals surface area contributed by atoms with Gasteiger partial charge in [0.05, 0.1) is 9.40 Å². The Morgan fingerprint density at radius 1 is 1.43 bits per heavy atom. The van der Waals surface area contributed by atoms with Gasteiger partial charge in [-0.2, -0.15) is 0 Å². The molecule has 0 fully saturated rings. The maximum atomic E-state index is 11.0. The molecule has 0 bridgehead atoms. The van der Waals surface area contributed by atoms with E-state index >= 15 is 0 Å². The molecule has 0 saturated carbocycles. The molecule has 5 heteroatoms. The van der Waals surface area contributed by atoms with Crippen molar-refractivity contribution in [3.63, 3.8) is 0 Å². The quantitative estimate of drug-likeness (QED) is 0.611. The fourth-order valence-corrected chi connectivity index (χ4v) is 2.15. The number of hydrogen-bond acceptors (Lipinski definition) is 3. The van der Waals surface area contributed by atoms with E-state index in [1.807, 2.05) is 12.1 Å². The van der Waals surface area contributed by atoms with Crippen molar-refractivity contribution in [3.05, 3.63) is 43.9 Å². The van der Waals surface area contributed by atoms with E-state index in [4.69, 9.17) is 0 Å². The summed E-state index contributed by atoms with van der Waals surface area (Å²) in [5.41, 5.74) is 2.21. The zero-order valence-corrected chi connectivity index (χ0v) is 14.8. The van der Waals surface area contributed by atoms with E-state index in [9.17, 15) is 10.1 Å². The van der Waals surface area contributed by atoms with E-state index in [1.54, 1.807) is 12.1 Å². The molecule has 0 unspecified atom stereocenters. The number of nitrogens with zero attached hydrogens (tertiary/aromatic N) is 1. The summed E-state index contributed by atoms with van der Waals surface area (Å²) in [4.78, 5) is 10.6. The molecule has 21 heavy (non-hydrogen) atoms. The molecular formula is C16H23BrN2O2. The van der Waals surface area contributed by atoms with Gasteiger partial charge in [0, 0.05) is 18.2 Å². The number of rotatable bonds is 5. The molecular weight excluding hydrogens is 332 g/mol. The molecule has 0 radical (unpaired) electrons. The molecule has 0 heterocycles. The van der Waals surface area contributed by atoms with Crippen LogP contribution in [0.15, 0.2) is 28.2 Å². The smallest absolute Gasteiger partial charge is 0.284 e. The van der Waals surface area contributed by atoms with Crippen molar-refractivity contribution in [2.45, 2.75) is 40.2 Å². The zero-order chi connectivity index (χ0) is 16.2. The van der Waals surface area contributed by atoms with E-state index in [-0.39, 0.29) is 16.1 Å². The fraction of sp³-hybridized carbons (Fsp3) is 0.500. The first-order chi connectivity index (χ1) is 9.60. The zero-order valence-electron chi connectivity index (χ0n) is 13.2. The summed E-state index contributed by atoms with van der Waals surface area (Å²) in [5.74, 6) is 0.377. The van der Waals surface area contributed by atoms with Gasteiger partial charge in [-0.15, -0.1) is 0 Å². The molecule has 0 aliphatic rings. The molecule has 0 aliphatic carbocycles. The lowest BCUT2D eigenvalue weighted by atomic mass is 9.98. The highest BCUT2D eigenvalue weighted by atomic mass is 79.9. The van der Waals surface area contributed by atoms with Crippen LogP contribution in [0.4, 0.5) is 5.69 Å². The van der Waals surface area contributed by atoms with Crippen molar-refractivity contribution in [3.8, 4) is 0 Å². The predicted octanol–water partition coefficient (Wildman–Crippen LogP) is 4.78. The molecule has 0 atom stereocenters. The van der Waals surface area contributed by atoms with Gasteiger partial charge in [-0.3, -0.25) is 10.1 Å². The third kappa shape index (κ3) is 5.98. The van der Waals surface area contributed by atoms with Crippen LogP contribution in [-0.4, -0.2) is 17.0 Å². The third-order valence-electron chi connectivity index (χ3n) is 3.08. The Hall–Kier alpha value is -1.20. The maximum Gasteiger partial charge on any atom is 0.284 e. The van der Waals surface area contributed by atoms with Gasteiger partial charge in [-0.25, -0.2) is 0 Å². The van der Waals surface area contributed by atoms with E-state index < -0.39 is 0 Å². The topological polar surface area (TPSA) is 55.2 Å². The standard InChI is InChI=1S/C16H23BrN2O2/c1-11(2)13(10-18-16(3,4)5)8-12-6-7-14(17)15(9-12)19(20)21/h6-9,11,18H,10H2,1-5H3. The van der Waals surface area contributed by atoms with Crippen LogP contribution in [0.1, 0.15) is 40.2 Å². The summed E-state index contributed by atoms with van der Waals surface area (Å²) in [6.45, 7) is 11.4. The Morgan fingerprint density at radius 3 is 2.52 bits per heavy atom. The second-order valence-corrected chi connectivity index (χ2v) is 7.30. The molecule has 4 nitrogen and oxygen atoms in total. The van der Waals surface area contributed by atoms with Gasteiger partial charge in [0.15, 0.2) is 0 Å². The Balaban J connectivity index is 3.06. The van der Waals surface area contributed by atoms with Crippen LogP contribution in [0, 0.1) is 16.0 Å². The Labute approximate surface area is 134 Å². The maximum absolute atomic E-state index is 11.0. The molecule has 116 valence electrons. The van der Waals surface area contributed by atoms with Crippen molar-refractivity contribution in [1.29, 1.82) is 0 Å². The van der Waals surface area contributed by atoms with Crippen molar-refractivity contribution >= 4 is 27.7 Å². The molecule has 0 spiro atoms. The number of halogens is 1. The summed E-state index contributed by atoms with van der Waals surface area (Å²) in [7, 11) is 0. The second kappa shape index (κ2) is 7.18. The van der Waals surface area contributed by atoms with Gasteiger partial charge in [-0.1, -0.05) is 31.6 Å². The molecule has 0 aliphatic heterocycles. The number of hydrogen-bond donors (Lipinski definition) is 1. The summed E-state index contributed by atoms with van der Waals surface area (Å²) in [6.07, 6.45) is 2.03. The Morgan fingerprint density at radius 2 is 2.05 bits per heavy atom. The van der Waals surface area contributed by atoms with Gasteiger partial charge < -0.3 is 5.32 Å². The lowest BCUT2D eigenvalue weighted by Crippen LogP contribution is -2.37. The highest BCUT2D eigenvalue weighted by Crippen LogP contribution is 2.27. The largest absolute Gasteiger partial charge is 0.308 e. The number of nitro benzene ring substituents is 1. The highest BCUT2D eigenvalue weighted by molar-refractivity contribution is 9.10. The van der Waals surface area contributed by atoms with Crippen LogP contribution >= 0.6 is 15.9 Å². The van der Waals surface area contributed by atoms with Gasteiger partial charge in [0.1, 0.15) is 0 Å². The minimum Gasteiger partial charge on any atom is -0.308 e. The van der Waals surface area contributed by atoms with Crippen molar-refractivity contribution in [2.75, 3.05) is 6.54 Å². The number of nitrogens with one attached hydrogen (secondary N) is 1. The average Bonchev–Trinajstić information content (AvgIpc) is 2.34.